The summed E-state index contributed by atoms with van der Waals surface area (Å²) in [4.78, 5) is 13.1. The minimum absolute atomic E-state index is 0.219. The highest BCUT2D eigenvalue weighted by Crippen LogP contribution is 2.28. The number of rotatable bonds is 7. The molecule has 0 radical (unpaired) electrons. The van der Waals surface area contributed by atoms with Crippen LogP contribution in [0.1, 0.15) is 39.0 Å². The molecule has 4 heteroatoms. The van der Waals surface area contributed by atoms with Crippen molar-refractivity contribution in [3.05, 3.63) is 0 Å². The van der Waals surface area contributed by atoms with Gasteiger partial charge in [0.25, 0.3) is 0 Å². The SMILES string of the molecule is CCOC(=O)CN(C)CC(O)CC1CCCC1. The summed E-state index contributed by atoms with van der Waals surface area (Å²) in [6.07, 6.45) is 5.65. The largest absolute Gasteiger partial charge is 0.465 e. The average Bonchev–Trinajstić information content (AvgIpc) is 2.69. The van der Waals surface area contributed by atoms with Gasteiger partial charge in [-0.05, 0) is 26.3 Å². The van der Waals surface area contributed by atoms with E-state index < -0.39 is 0 Å². The molecule has 0 aromatic carbocycles. The molecule has 1 saturated carbocycles. The van der Waals surface area contributed by atoms with Crippen molar-refractivity contribution in [3.63, 3.8) is 0 Å². The molecule has 1 aliphatic rings. The third-order valence-electron chi connectivity index (χ3n) is 3.31. The fourth-order valence-electron chi connectivity index (χ4n) is 2.56. The van der Waals surface area contributed by atoms with Crippen LogP contribution in [-0.4, -0.2) is 48.8 Å². The summed E-state index contributed by atoms with van der Waals surface area (Å²) in [6, 6.07) is 0. The van der Waals surface area contributed by atoms with Crippen LogP contribution < -0.4 is 0 Å². The third-order valence-corrected chi connectivity index (χ3v) is 3.31. The Morgan fingerprint density at radius 3 is 2.71 bits per heavy atom. The number of esters is 1. The van der Waals surface area contributed by atoms with Crippen LogP contribution >= 0.6 is 0 Å². The first-order chi connectivity index (χ1) is 8.11. The molecule has 1 atom stereocenters. The normalized spacial score (nSPS) is 18.6. The number of aliphatic hydroxyl groups is 1. The summed E-state index contributed by atoms with van der Waals surface area (Å²) in [6.45, 7) is 3.02. The van der Waals surface area contributed by atoms with Crippen LogP contribution in [0.4, 0.5) is 0 Å². The van der Waals surface area contributed by atoms with Crippen LogP contribution in [0.25, 0.3) is 0 Å². The lowest BCUT2D eigenvalue weighted by Crippen LogP contribution is -2.34. The molecule has 0 bridgehead atoms. The van der Waals surface area contributed by atoms with Gasteiger partial charge in [-0.3, -0.25) is 9.69 Å². The van der Waals surface area contributed by atoms with Crippen molar-refractivity contribution in [2.75, 3.05) is 26.7 Å². The minimum Gasteiger partial charge on any atom is -0.465 e. The zero-order chi connectivity index (χ0) is 12.7. The van der Waals surface area contributed by atoms with Crippen molar-refractivity contribution in [1.82, 2.24) is 4.90 Å². The summed E-state index contributed by atoms with van der Waals surface area (Å²) in [5.74, 6) is 0.462. The second kappa shape index (κ2) is 7.67. The second-order valence-electron chi connectivity index (χ2n) is 5.04. The topological polar surface area (TPSA) is 49.8 Å². The summed E-state index contributed by atoms with van der Waals surface area (Å²) >= 11 is 0. The van der Waals surface area contributed by atoms with Crippen LogP contribution in [0.5, 0.6) is 0 Å². The van der Waals surface area contributed by atoms with Crippen LogP contribution in [0.15, 0.2) is 0 Å². The molecule has 1 fully saturated rings. The quantitative estimate of drug-likeness (QED) is 0.687. The van der Waals surface area contributed by atoms with Gasteiger partial charge in [0.15, 0.2) is 0 Å². The lowest BCUT2D eigenvalue weighted by atomic mass is 10.00. The summed E-state index contributed by atoms with van der Waals surface area (Å²) in [5, 5.41) is 9.93. The highest BCUT2D eigenvalue weighted by Gasteiger charge is 2.20. The van der Waals surface area contributed by atoms with Crippen molar-refractivity contribution in [2.24, 2.45) is 5.92 Å². The van der Waals surface area contributed by atoms with E-state index in [2.05, 4.69) is 0 Å². The Hall–Kier alpha value is -0.610. The van der Waals surface area contributed by atoms with Crippen LogP contribution in [0.3, 0.4) is 0 Å². The first-order valence-corrected chi connectivity index (χ1v) is 6.64. The number of carbonyl (C=O) groups excluding carboxylic acids is 1. The Kier molecular flexibility index (Phi) is 6.52. The summed E-state index contributed by atoms with van der Waals surface area (Å²) in [5.41, 5.74) is 0. The van der Waals surface area contributed by atoms with E-state index in [1.807, 2.05) is 11.9 Å². The number of nitrogens with zero attached hydrogens (tertiary/aromatic N) is 1. The van der Waals surface area contributed by atoms with E-state index in [0.29, 0.717) is 19.1 Å². The molecule has 1 aliphatic carbocycles. The van der Waals surface area contributed by atoms with Gasteiger partial charge in [-0.2, -0.15) is 0 Å². The van der Waals surface area contributed by atoms with Gasteiger partial charge in [0.05, 0.1) is 19.3 Å². The van der Waals surface area contributed by atoms with Gasteiger partial charge in [-0.15, -0.1) is 0 Å². The maximum Gasteiger partial charge on any atom is 0.320 e. The van der Waals surface area contributed by atoms with Gasteiger partial charge in [-0.1, -0.05) is 25.7 Å². The first kappa shape index (κ1) is 14.5. The molecule has 1 unspecified atom stereocenters. The fraction of sp³-hybridized carbons (Fsp3) is 0.923. The number of aliphatic hydroxyl groups excluding tert-OH is 1. The lowest BCUT2D eigenvalue weighted by molar-refractivity contribution is -0.144. The molecule has 0 amide bonds. The van der Waals surface area contributed by atoms with Gasteiger partial charge in [0.2, 0.25) is 0 Å². The van der Waals surface area contributed by atoms with Crippen molar-refractivity contribution in [2.45, 2.75) is 45.1 Å². The van der Waals surface area contributed by atoms with E-state index in [-0.39, 0.29) is 18.6 Å². The summed E-state index contributed by atoms with van der Waals surface area (Å²) in [7, 11) is 1.84. The lowest BCUT2D eigenvalue weighted by Gasteiger charge is -2.21. The van der Waals surface area contributed by atoms with Crippen LogP contribution in [0.2, 0.25) is 0 Å². The fourth-order valence-corrected chi connectivity index (χ4v) is 2.56. The molecule has 100 valence electrons. The van der Waals surface area contributed by atoms with Crippen LogP contribution in [0, 0.1) is 5.92 Å². The third kappa shape index (κ3) is 6.03. The number of hydrogen-bond donors (Lipinski definition) is 1. The number of likely N-dealkylation sites (N-methyl/N-ethyl adjacent to an activating group) is 1. The zero-order valence-electron chi connectivity index (χ0n) is 11.0. The minimum atomic E-state index is -0.322. The zero-order valence-corrected chi connectivity index (χ0v) is 11.0. The smallest absolute Gasteiger partial charge is 0.320 e. The van der Waals surface area contributed by atoms with Gasteiger partial charge in [-0.25, -0.2) is 0 Å². The predicted molar refractivity (Wildman–Crippen MR) is 66.7 cm³/mol. The van der Waals surface area contributed by atoms with E-state index in [9.17, 15) is 9.90 Å². The summed E-state index contributed by atoms with van der Waals surface area (Å²) < 4.78 is 4.87. The molecule has 1 rings (SSSR count). The molecule has 0 aromatic heterocycles. The standard InChI is InChI=1S/C13H25NO3/c1-3-17-13(16)10-14(2)9-12(15)8-11-6-4-5-7-11/h11-12,15H,3-10H2,1-2H3. The van der Waals surface area contributed by atoms with Gasteiger partial charge >= 0.3 is 5.97 Å². The molecule has 1 N–H and O–H groups in total. The molecule has 0 aliphatic heterocycles. The van der Waals surface area contributed by atoms with E-state index in [1.54, 1.807) is 6.92 Å². The van der Waals surface area contributed by atoms with Crippen molar-refractivity contribution in [3.8, 4) is 0 Å². The molecule has 0 saturated heterocycles. The Labute approximate surface area is 104 Å². The van der Waals surface area contributed by atoms with Gasteiger partial charge in [0, 0.05) is 6.54 Å². The maximum absolute atomic E-state index is 11.2. The monoisotopic (exact) mass is 243 g/mol. The highest BCUT2D eigenvalue weighted by atomic mass is 16.5. The van der Waals surface area contributed by atoms with E-state index >= 15 is 0 Å². The van der Waals surface area contributed by atoms with Gasteiger partial charge < -0.3 is 9.84 Å². The van der Waals surface area contributed by atoms with E-state index in [4.69, 9.17) is 4.74 Å². The Bertz CT molecular complexity index is 227. The maximum atomic E-state index is 11.2. The average molecular weight is 243 g/mol. The number of ether oxygens (including phenoxy) is 1. The van der Waals surface area contributed by atoms with Crippen molar-refractivity contribution < 1.29 is 14.6 Å². The second-order valence-corrected chi connectivity index (χ2v) is 5.04. The van der Waals surface area contributed by atoms with E-state index in [0.717, 1.165) is 6.42 Å². The molecule has 4 nitrogen and oxygen atoms in total. The number of hydrogen-bond acceptors (Lipinski definition) is 4. The molecular weight excluding hydrogens is 218 g/mol. The van der Waals surface area contributed by atoms with Crippen molar-refractivity contribution in [1.29, 1.82) is 0 Å². The molecule has 0 heterocycles. The first-order valence-electron chi connectivity index (χ1n) is 6.64. The molecule has 17 heavy (non-hydrogen) atoms. The molecular formula is C13H25NO3. The Balaban J connectivity index is 2.15. The Morgan fingerprint density at radius 1 is 1.47 bits per heavy atom. The molecule has 0 spiro atoms. The van der Waals surface area contributed by atoms with Gasteiger partial charge in [0.1, 0.15) is 0 Å². The van der Waals surface area contributed by atoms with Crippen molar-refractivity contribution >= 4 is 5.97 Å². The Morgan fingerprint density at radius 2 is 2.12 bits per heavy atom. The number of carbonyl (C=O) groups is 1. The molecule has 0 aromatic rings. The highest BCUT2D eigenvalue weighted by molar-refractivity contribution is 5.71. The van der Waals surface area contributed by atoms with E-state index in [1.165, 1.54) is 25.7 Å². The predicted octanol–water partition coefficient (Wildman–Crippen LogP) is 1.42. The van der Waals surface area contributed by atoms with Crippen LogP contribution in [-0.2, 0) is 9.53 Å².